The van der Waals surface area contributed by atoms with Crippen molar-refractivity contribution in [3.63, 3.8) is 0 Å². The molecule has 1 unspecified atom stereocenters. The van der Waals surface area contributed by atoms with Gasteiger partial charge in [-0.1, -0.05) is 66.2 Å². The zero-order chi connectivity index (χ0) is 32.6. The average molecular weight is 719 g/mol. The van der Waals surface area contributed by atoms with E-state index in [1.165, 1.54) is 71.4 Å². The molecule has 2 atom stereocenters. The van der Waals surface area contributed by atoms with Crippen LogP contribution in [0.3, 0.4) is 0 Å². The Kier molecular flexibility index (Phi) is 16.0. The molecule has 0 amide bonds. The summed E-state index contributed by atoms with van der Waals surface area (Å²) in [6, 6.07) is 9.33. The van der Waals surface area contributed by atoms with Crippen LogP contribution in [-0.4, -0.2) is 36.9 Å². The molecule has 5 heteroatoms. The molecule has 4 fully saturated rings. The van der Waals surface area contributed by atoms with Crippen LogP contribution >= 0.6 is 15.8 Å². The van der Waals surface area contributed by atoms with Crippen molar-refractivity contribution >= 4 is 26.5 Å². The van der Waals surface area contributed by atoms with Gasteiger partial charge in [0.15, 0.2) is 0 Å². The van der Waals surface area contributed by atoms with Gasteiger partial charge in [-0.3, -0.25) is 0 Å². The van der Waals surface area contributed by atoms with Crippen molar-refractivity contribution in [2.75, 3.05) is 14.2 Å². The third kappa shape index (κ3) is 9.81. The molecule has 6 rings (SSSR count). The van der Waals surface area contributed by atoms with E-state index >= 15 is 0 Å². The molecule has 4 saturated carbocycles. The molecule has 2 aromatic rings. The quantitative estimate of drug-likeness (QED) is 0.190. The van der Waals surface area contributed by atoms with Gasteiger partial charge in [-0.05, 0) is 186 Å². The zero-order valence-corrected chi connectivity index (χ0v) is 33.6. The van der Waals surface area contributed by atoms with Crippen molar-refractivity contribution in [1.29, 1.82) is 0 Å². The molecule has 0 bridgehead atoms. The molecule has 47 heavy (non-hydrogen) atoms. The Morgan fingerprint density at radius 2 is 1.00 bits per heavy atom. The Bertz CT molecular complexity index is 1120. The van der Waals surface area contributed by atoms with E-state index in [9.17, 15) is 0 Å². The van der Waals surface area contributed by atoms with Crippen molar-refractivity contribution in [3.8, 4) is 11.5 Å². The van der Waals surface area contributed by atoms with Crippen molar-refractivity contribution in [2.45, 2.75) is 160 Å². The van der Waals surface area contributed by atoms with E-state index in [-0.39, 0.29) is 17.1 Å². The van der Waals surface area contributed by atoms with Gasteiger partial charge in [0.2, 0.25) is 0 Å². The summed E-state index contributed by atoms with van der Waals surface area (Å²) in [6.07, 6.45) is 29.0. The monoisotopic (exact) mass is 718 g/mol. The molecule has 0 N–H and O–H groups in total. The van der Waals surface area contributed by atoms with Crippen LogP contribution in [0.25, 0.3) is 0 Å². The molecule has 0 aromatic heterocycles. The van der Waals surface area contributed by atoms with E-state index < -0.39 is 7.92 Å². The van der Waals surface area contributed by atoms with Crippen LogP contribution in [0.2, 0.25) is 0 Å². The summed E-state index contributed by atoms with van der Waals surface area (Å²) >= 11 is 0. The standard InChI is InChI=1S/C23H29O2P.C19H35P.Fe/c1-15-11-20(12-16(2)22(15)24-5)26(19-9-7-8-10-19)21-13-17(3)23(25-6)18(4)14-21;1-16(17-10-8-9-11-17)20(18-12-4-2-5-13-18)19-14-6-3-7-15-19;/h7,9,11-14,19H,8,10H2,1-6H3;16-19H,2-15H2,1H3;/t;16-;/m.1./s1. The second-order valence-corrected chi connectivity index (χ2v) is 20.6. The van der Waals surface area contributed by atoms with Crippen LogP contribution in [0.4, 0.5) is 0 Å². The van der Waals surface area contributed by atoms with Gasteiger partial charge < -0.3 is 9.47 Å². The van der Waals surface area contributed by atoms with E-state index in [4.69, 9.17) is 9.47 Å². The minimum atomic E-state index is -0.450. The summed E-state index contributed by atoms with van der Waals surface area (Å²) < 4.78 is 11.2. The van der Waals surface area contributed by atoms with E-state index in [1.807, 2.05) is 0 Å². The maximum absolute atomic E-state index is 5.59. The van der Waals surface area contributed by atoms with Gasteiger partial charge in [-0.25, -0.2) is 0 Å². The molecular weight excluding hydrogens is 654 g/mol. The van der Waals surface area contributed by atoms with E-state index in [2.05, 4.69) is 71.7 Å². The summed E-state index contributed by atoms with van der Waals surface area (Å²) in [4.78, 5) is 0. The third-order valence-electron chi connectivity index (χ3n) is 11.7. The van der Waals surface area contributed by atoms with Gasteiger partial charge in [0.1, 0.15) is 11.5 Å². The van der Waals surface area contributed by atoms with Crippen molar-refractivity contribution in [2.24, 2.45) is 5.92 Å². The van der Waals surface area contributed by atoms with Crippen LogP contribution in [0, 0.1) is 46.5 Å². The Morgan fingerprint density at radius 3 is 1.36 bits per heavy atom. The molecule has 2 aromatic carbocycles. The first kappa shape index (κ1) is 39.2. The van der Waals surface area contributed by atoms with Crippen LogP contribution in [0.15, 0.2) is 24.3 Å². The van der Waals surface area contributed by atoms with Crippen molar-refractivity contribution in [1.82, 2.24) is 0 Å². The van der Waals surface area contributed by atoms with Crippen LogP contribution in [0.1, 0.15) is 132 Å². The number of benzene rings is 2. The molecule has 0 aliphatic heterocycles. The smallest absolute Gasteiger partial charge is 0.124 e. The Labute approximate surface area is 302 Å². The van der Waals surface area contributed by atoms with Gasteiger partial charge in [0.25, 0.3) is 0 Å². The largest absolute Gasteiger partial charge is 0.496 e. The Balaban J connectivity index is 0.000000215. The van der Waals surface area contributed by atoms with Crippen molar-refractivity contribution in [3.05, 3.63) is 59.4 Å². The minimum Gasteiger partial charge on any atom is -0.496 e. The molecule has 2 nitrogen and oxygen atoms in total. The summed E-state index contributed by atoms with van der Waals surface area (Å²) in [5, 5.41) is 2.88. The number of methoxy groups -OCH3 is 2. The van der Waals surface area contributed by atoms with E-state index in [0.717, 1.165) is 34.4 Å². The summed E-state index contributed by atoms with van der Waals surface area (Å²) in [5.41, 5.74) is 8.91. The van der Waals surface area contributed by atoms with Gasteiger partial charge in [0.05, 0.1) is 14.2 Å². The summed E-state index contributed by atoms with van der Waals surface area (Å²) in [7, 11) is 3.40. The number of aryl methyl sites for hydroxylation is 4. The van der Waals surface area contributed by atoms with Gasteiger partial charge in [-0.2, -0.15) is 0 Å². The molecule has 4 aliphatic carbocycles. The second kappa shape index (κ2) is 19.1. The second-order valence-electron chi connectivity index (χ2n) is 15.0. The van der Waals surface area contributed by atoms with Gasteiger partial charge in [0, 0.05) is 17.1 Å². The Morgan fingerprint density at radius 1 is 0.596 bits per heavy atom. The van der Waals surface area contributed by atoms with Crippen LogP contribution < -0.4 is 20.1 Å². The average Bonchev–Trinajstić information content (AvgIpc) is 3.78. The SMILES string of the molecule is COc1c(C)cc(P(c2cc(C)c(OC)c(C)c2)C2[CH][CH]CC2)cc1C.C[C@H](C1CCCC1)P(C1CCCCC1)C1CCCCC1.[Fe]. The first-order valence-electron chi connectivity index (χ1n) is 18.9. The normalized spacial score (nSPS) is 20.6. The number of ether oxygens (including phenoxy) is 2. The molecule has 262 valence electrons. The first-order valence-corrected chi connectivity index (χ1v) is 21.8. The van der Waals surface area contributed by atoms with Crippen LogP contribution in [-0.2, 0) is 17.1 Å². The molecule has 2 radical (unpaired) electrons. The van der Waals surface area contributed by atoms with E-state index in [0.29, 0.717) is 13.6 Å². The van der Waals surface area contributed by atoms with Crippen molar-refractivity contribution < 1.29 is 26.5 Å². The maximum atomic E-state index is 5.59. The Hall–Kier alpha value is -0.581. The maximum Gasteiger partial charge on any atom is 0.124 e. The zero-order valence-electron chi connectivity index (χ0n) is 30.7. The summed E-state index contributed by atoms with van der Waals surface area (Å²) in [6.45, 7) is 11.3. The number of hydrogen-bond acceptors (Lipinski definition) is 2. The number of rotatable bonds is 9. The fourth-order valence-corrected chi connectivity index (χ4v) is 17.3. The molecule has 0 spiro atoms. The third-order valence-corrected chi connectivity index (χ3v) is 18.5. The fourth-order valence-electron chi connectivity index (χ4n) is 9.55. The predicted molar refractivity (Wildman–Crippen MR) is 205 cm³/mol. The van der Waals surface area contributed by atoms with Gasteiger partial charge >= 0.3 is 0 Å². The van der Waals surface area contributed by atoms with Crippen LogP contribution in [0.5, 0.6) is 11.5 Å². The molecular formula is C42H64FeO2P2. The minimum absolute atomic E-state index is 0. The fraction of sp³-hybridized carbons (Fsp3) is 0.667. The molecule has 0 heterocycles. The first-order chi connectivity index (χ1) is 22.3. The number of hydrogen-bond donors (Lipinski definition) is 0. The van der Waals surface area contributed by atoms with Gasteiger partial charge in [-0.15, -0.1) is 0 Å². The molecule has 4 aliphatic rings. The summed E-state index contributed by atoms with van der Waals surface area (Å²) in [5.74, 6) is 3.13. The predicted octanol–water partition coefficient (Wildman–Crippen LogP) is 11.7. The topological polar surface area (TPSA) is 18.5 Å². The van der Waals surface area contributed by atoms with E-state index in [1.54, 1.807) is 78.4 Å². The molecule has 0 saturated heterocycles.